The first kappa shape index (κ1) is 21.9. The number of thiophene rings is 1. The van der Waals surface area contributed by atoms with E-state index in [2.05, 4.69) is 5.32 Å². The van der Waals surface area contributed by atoms with Crippen molar-refractivity contribution in [3.63, 3.8) is 0 Å². The zero-order chi connectivity index (χ0) is 22.8. The van der Waals surface area contributed by atoms with Crippen LogP contribution in [0, 0.1) is 11.6 Å². The molecule has 4 aromatic rings. The molecule has 0 unspecified atom stereocenters. The minimum Gasteiger partial charge on any atom is -0.368 e. The number of hydrogen-bond donors (Lipinski definition) is 2. The Morgan fingerprint density at radius 3 is 2.56 bits per heavy atom. The average Bonchev–Trinajstić information content (AvgIpc) is 3.14. The van der Waals surface area contributed by atoms with E-state index >= 15 is 0 Å². The summed E-state index contributed by atoms with van der Waals surface area (Å²) >= 11 is 7.43. The molecule has 0 radical (unpaired) electrons. The van der Waals surface area contributed by atoms with Crippen molar-refractivity contribution in [3.8, 4) is 11.1 Å². The van der Waals surface area contributed by atoms with Crippen LogP contribution >= 0.6 is 22.9 Å². The van der Waals surface area contributed by atoms with Crippen LogP contribution in [-0.4, -0.2) is 18.4 Å². The van der Waals surface area contributed by atoms with Gasteiger partial charge in [0.05, 0.1) is 6.54 Å². The lowest BCUT2D eigenvalue weighted by Gasteiger charge is -2.08. The molecule has 8 heteroatoms. The van der Waals surface area contributed by atoms with Gasteiger partial charge in [0.25, 0.3) is 5.91 Å². The van der Waals surface area contributed by atoms with Gasteiger partial charge in [-0.25, -0.2) is 8.78 Å². The lowest BCUT2D eigenvalue weighted by atomic mass is 10.0. The number of nitrogens with two attached hydrogens (primary N) is 1. The third kappa shape index (κ3) is 4.79. The zero-order valence-electron chi connectivity index (χ0n) is 16.6. The van der Waals surface area contributed by atoms with Crippen LogP contribution in [-0.2, 0) is 11.2 Å². The quantitative estimate of drug-likeness (QED) is 0.401. The highest BCUT2D eigenvalue weighted by molar-refractivity contribution is 7.19. The molecule has 0 aliphatic rings. The Morgan fingerprint density at radius 2 is 1.81 bits per heavy atom. The summed E-state index contributed by atoms with van der Waals surface area (Å²) in [6.07, 6.45) is 0.480. The van der Waals surface area contributed by atoms with Crippen LogP contribution in [0.2, 0.25) is 5.02 Å². The van der Waals surface area contributed by atoms with Crippen LogP contribution in [0.1, 0.15) is 20.8 Å². The van der Waals surface area contributed by atoms with E-state index in [9.17, 15) is 18.4 Å². The summed E-state index contributed by atoms with van der Waals surface area (Å²) in [4.78, 5) is 24.2. The van der Waals surface area contributed by atoms with Crippen LogP contribution < -0.4 is 11.1 Å². The number of hydrogen-bond acceptors (Lipinski definition) is 3. The Balaban J connectivity index is 1.71. The van der Waals surface area contributed by atoms with Crippen LogP contribution in [0.4, 0.5) is 8.78 Å². The van der Waals surface area contributed by atoms with E-state index in [-0.39, 0.29) is 17.7 Å². The van der Waals surface area contributed by atoms with E-state index < -0.39 is 23.4 Å². The smallest absolute Gasteiger partial charge is 0.251 e. The number of rotatable bonds is 6. The molecule has 4 rings (SSSR count). The molecular formula is C24H17ClF2N2O2S. The Kier molecular flexibility index (Phi) is 6.21. The first-order valence-corrected chi connectivity index (χ1v) is 10.8. The zero-order valence-corrected chi connectivity index (χ0v) is 18.2. The molecule has 0 atom stereocenters. The Labute approximate surface area is 191 Å². The number of amides is 2. The van der Waals surface area contributed by atoms with Gasteiger partial charge in [-0.3, -0.25) is 9.59 Å². The highest BCUT2D eigenvalue weighted by Crippen LogP contribution is 2.37. The topological polar surface area (TPSA) is 72.2 Å². The molecule has 2 amide bonds. The lowest BCUT2D eigenvalue weighted by molar-refractivity contribution is -0.117. The average molecular weight is 471 g/mol. The fraction of sp³-hybridized carbons (Fsp3) is 0.0833. The van der Waals surface area contributed by atoms with E-state index in [1.807, 2.05) is 18.2 Å². The molecule has 3 aromatic carbocycles. The summed E-state index contributed by atoms with van der Waals surface area (Å²) < 4.78 is 29.3. The summed E-state index contributed by atoms with van der Waals surface area (Å²) in [5.41, 5.74) is 6.92. The number of carbonyl (C=O) groups is 2. The minimum atomic E-state index is -0.670. The Hall–Kier alpha value is -3.29. The van der Waals surface area contributed by atoms with Crippen LogP contribution in [0.25, 0.3) is 21.2 Å². The van der Waals surface area contributed by atoms with Crippen molar-refractivity contribution in [3.05, 3.63) is 93.3 Å². The third-order valence-electron chi connectivity index (χ3n) is 4.84. The molecule has 4 nitrogen and oxygen atoms in total. The highest BCUT2D eigenvalue weighted by atomic mass is 35.5. The first-order chi connectivity index (χ1) is 15.3. The van der Waals surface area contributed by atoms with Crippen LogP contribution in [0.3, 0.4) is 0 Å². The maximum absolute atomic E-state index is 14.7. The minimum absolute atomic E-state index is 0.214. The predicted molar refractivity (Wildman–Crippen MR) is 123 cm³/mol. The normalized spacial score (nSPS) is 11.0. The van der Waals surface area contributed by atoms with Crippen molar-refractivity contribution in [1.29, 1.82) is 0 Å². The molecule has 0 saturated carbocycles. The van der Waals surface area contributed by atoms with E-state index in [1.165, 1.54) is 41.7 Å². The van der Waals surface area contributed by atoms with Gasteiger partial charge in [0.1, 0.15) is 11.6 Å². The number of nitrogens with one attached hydrogen (secondary N) is 1. The monoisotopic (exact) mass is 470 g/mol. The van der Waals surface area contributed by atoms with Gasteiger partial charge in [-0.1, -0.05) is 29.8 Å². The van der Waals surface area contributed by atoms with Crippen molar-refractivity contribution in [2.75, 3.05) is 6.54 Å². The molecule has 0 bridgehead atoms. The largest absolute Gasteiger partial charge is 0.368 e. The summed E-state index contributed by atoms with van der Waals surface area (Å²) in [5.74, 6) is -2.07. The second-order valence-electron chi connectivity index (χ2n) is 7.23. The molecule has 0 saturated heterocycles. The van der Waals surface area contributed by atoms with Gasteiger partial charge in [0.2, 0.25) is 5.91 Å². The van der Waals surface area contributed by atoms with Crippen molar-refractivity contribution >= 4 is 44.8 Å². The van der Waals surface area contributed by atoms with Gasteiger partial charge in [-0.15, -0.1) is 11.3 Å². The molecule has 0 fully saturated rings. The second kappa shape index (κ2) is 9.06. The van der Waals surface area contributed by atoms with Gasteiger partial charge < -0.3 is 11.1 Å². The first-order valence-electron chi connectivity index (χ1n) is 9.63. The van der Waals surface area contributed by atoms with Gasteiger partial charge in [0, 0.05) is 37.7 Å². The number of halogens is 3. The molecular weight excluding hydrogens is 454 g/mol. The molecule has 1 aromatic heterocycles. The third-order valence-corrected chi connectivity index (χ3v) is 6.24. The fourth-order valence-electron chi connectivity index (χ4n) is 3.47. The lowest BCUT2D eigenvalue weighted by Crippen LogP contribution is -2.33. The maximum atomic E-state index is 14.7. The second-order valence-corrected chi connectivity index (χ2v) is 8.81. The summed E-state index contributed by atoms with van der Waals surface area (Å²) in [6, 6.07) is 15.9. The van der Waals surface area contributed by atoms with Crippen molar-refractivity contribution in [1.82, 2.24) is 5.32 Å². The van der Waals surface area contributed by atoms with E-state index in [4.69, 9.17) is 17.3 Å². The highest BCUT2D eigenvalue weighted by Gasteiger charge is 2.15. The van der Waals surface area contributed by atoms with Crippen molar-refractivity contribution in [2.24, 2.45) is 5.73 Å². The van der Waals surface area contributed by atoms with E-state index in [0.29, 0.717) is 17.0 Å². The maximum Gasteiger partial charge on any atom is 0.251 e. The van der Waals surface area contributed by atoms with Crippen molar-refractivity contribution < 1.29 is 18.4 Å². The number of fused-ring (bicyclic) bond motifs is 1. The molecule has 32 heavy (non-hydrogen) atoms. The number of primary amides is 1. The number of benzene rings is 3. The Morgan fingerprint density at radius 1 is 1.00 bits per heavy atom. The molecule has 162 valence electrons. The molecule has 0 aliphatic heterocycles. The Bertz CT molecular complexity index is 1330. The summed E-state index contributed by atoms with van der Waals surface area (Å²) in [5, 5.41) is 3.64. The van der Waals surface area contributed by atoms with Gasteiger partial charge in [-0.2, -0.15) is 0 Å². The number of carbonyl (C=O) groups excluding carboxylic acids is 2. The van der Waals surface area contributed by atoms with Gasteiger partial charge in [0.15, 0.2) is 0 Å². The van der Waals surface area contributed by atoms with Crippen LogP contribution in [0.15, 0.2) is 60.7 Å². The molecule has 3 N–H and O–H groups in total. The van der Waals surface area contributed by atoms with E-state index in [0.717, 1.165) is 20.5 Å². The molecule has 1 heterocycles. The molecule has 0 spiro atoms. The SMILES string of the molecule is NC(=O)CNC(=O)c1ccc(F)c(-c2cccc3cc(Cc4cc(F)cc(Cl)c4)sc23)c1. The summed E-state index contributed by atoms with van der Waals surface area (Å²) in [6.45, 7) is -0.306. The van der Waals surface area contributed by atoms with Gasteiger partial charge >= 0.3 is 0 Å². The van der Waals surface area contributed by atoms with E-state index in [1.54, 1.807) is 12.1 Å². The predicted octanol–water partition coefficient (Wildman–Crippen LogP) is 5.31. The molecule has 0 aliphatic carbocycles. The van der Waals surface area contributed by atoms with Crippen molar-refractivity contribution in [2.45, 2.75) is 6.42 Å². The summed E-state index contributed by atoms with van der Waals surface area (Å²) in [7, 11) is 0. The standard InChI is InChI=1S/C24H17ClF2N2O2S/c25-16-6-13(7-17(26)11-16)8-18-9-14-2-1-3-19(23(14)32-18)20-10-15(4-5-21(20)27)24(31)29-12-22(28)30/h1-7,9-11H,8,12H2,(H2,28,30)(H,29,31). The fourth-order valence-corrected chi connectivity index (χ4v) is 4.94. The van der Waals surface area contributed by atoms with Gasteiger partial charge in [-0.05, 0) is 53.4 Å². The van der Waals surface area contributed by atoms with Crippen LogP contribution in [0.5, 0.6) is 0 Å².